The van der Waals surface area contributed by atoms with E-state index >= 15 is 0 Å². The highest BCUT2D eigenvalue weighted by Gasteiger charge is 1.89. The van der Waals surface area contributed by atoms with Crippen LogP contribution in [0, 0.1) is 0 Å². The summed E-state index contributed by atoms with van der Waals surface area (Å²) in [7, 11) is 0. The average molecular weight is 228 g/mol. The van der Waals surface area contributed by atoms with Crippen LogP contribution in [0.1, 0.15) is 5.56 Å². The fourth-order valence-corrected chi connectivity index (χ4v) is 1.27. The Morgan fingerprint density at radius 3 is 3.00 bits per heavy atom. The molecule has 0 unspecified atom stereocenters. The van der Waals surface area contributed by atoms with Crippen molar-refractivity contribution in [3.63, 3.8) is 0 Å². The van der Waals surface area contributed by atoms with Gasteiger partial charge in [0, 0.05) is 4.47 Å². The maximum Gasteiger partial charge on any atom is 0.0743 e. The Morgan fingerprint density at radius 2 is 2.36 bits per heavy atom. The van der Waals surface area contributed by atoms with E-state index in [1.165, 1.54) is 0 Å². The number of halogens is 1. The average Bonchev–Trinajstić information content (AvgIpc) is 2.01. The SMILES string of the molecule is S=C=NCc1cccc(Br)c1. The zero-order valence-electron chi connectivity index (χ0n) is 5.75. The molecule has 0 aromatic heterocycles. The molecule has 1 rings (SSSR count). The van der Waals surface area contributed by atoms with Gasteiger partial charge in [0.1, 0.15) is 0 Å². The molecule has 0 saturated heterocycles. The highest BCUT2D eigenvalue weighted by molar-refractivity contribution is 9.10. The van der Waals surface area contributed by atoms with Crippen LogP contribution in [0.15, 0.2) is 33.7 Å². The van der Waals surface area contributed by atoms with E-state index in [1.807, 2.05) is 24.3 Å². The Bertz CT molecular complexity index is 292. The van der Waals surface area contributed by atoms with Gasteiger partial charge in [-0.1, -0.05) is 28.1 Å². The van der Waals surface area contributed by atoms with Crippen molar-refractivity contribution in [3.05, 3.63) is 34.3 Å². The van der Waals surface area contributed by atoms with Crippen LogP contribution in [0.3, 0.4) is 0 Å². The summed E-state index contributed by atoms with van der Waals surface area (Å²) in [5.74, 6) is 0. The Hall–Kier alpha value is -0.500. The van der Waals surface area contributed by atoms with Gasteiger partial charge in [0.2, 0.25) is 0 Å². The number of rotatable bonds is 2. The largest absolute Gasteiger partial charge is 0.228 e. The zero-order chi connectivity index (χ0) is 8.10. The highest BCUT2D eigenvalue weighted by Crippen LogP contribution is 2.11. The van der Waals surface area contributed by atoms with Gasteiger partial charge < -0.3 is 0 Å². The van der Waals surface area contributed by atoms with E-state index in [2.05, 4.69) is 38.3 Å². The standard InChI is InChI=1S/C8H6BrNS/c9-8-3-1-2-7(4-8)5-10-6-11/h1-4H,5H2. The molecular formula is C8H6BrNS. The third-order valence-electron chi connectivity index (χ3n) is 1.22. The number of isothiocyanates is 1. The number of hydrogen-bond acceptors (Lipinski definition) is 2. The second-order valence-corrected chi connectivity index (χ2v) is 3.14. The number of benzene rings is 1. The fraction of sp³-hybridized carbons (Fsp3) is 0.125. The summed E-state index contributed by atoms with van der Waals surface area (Å²) in [6, 6.07) is 7.96. The molecule has 56 valence electrons. The lowest BCUT2D eigenvalue weighted by molar-refractivity contribution is 1.08. The third-order valence-corrected chi connectivity index (χ3v) is 1.84. The predicted molar refractivity (Wildman–Crippen MR) is 52.9 cm³/mol. The van der Waals surface area contributed by atoms with Crippen molar-refractivity contribution in [2.24, 2.45) is 4.99 Å². The van der Waals surface area contributed by atoms with Crippen molar-refractivity contribution >= 4 is 33.3 Å². The quantitative estimate of drug-likeness (QED) is 0.559. The molecule has 1 aromatic rings. The van der Waals surface area contributed by atoms with Crippen molar-refractivity contribution in [1.29, 1.82) is 0 Å². The lowest BCUT2D eigenvalue weighted by atomic mass is 10.2. The normalized spacial score (nSPS) is 8.82. The molecule has 0 aliphatic carbocycles. The monoisotopic (exact) mass is 227 g/mol. The van der Waals surface area contributed by atoms with Crippen molar-refractivity contribution < 1.29 is 0 Å². The molecule has 0 aliphatic rings. The molecule has 1 nitrogen and oxygen atoms in total. The molecule has 11 heavy (non-hydrogen) atoms. The molecule has 0 amide bonds. The molecule has 0 radical (unpaired) electrons. The van der Waals surface area contributed by atoms with E-state index in [1.54, 1.807) is 0 Å². The van der Waals surface area contributed by atoms with E-state index < -0.39 is 0 Å². The first-order chi connectivity index (χ1) is 5.33. The Balaban J connectivity index is 2.79. The third kappa shape index (κ3) is 2.93. The lowest BCUT2D eigenvalue weighted by Gasteiger charge is -1.94. The Labute approximate surface area is 79.3 Å². The second-order valence-electron chi connectivity index (χ2n) is 2.04. The van der Waals surface area contributed by atoms with E-state index in [4.69, 9.17) is 0 Å². The summed E-state index contributed by atoms with van der Waals surface area (Å²) in [4.78, 5) is 3.83. The summed E-state index contributed by atoms with van der Waals surface area (Å²) in [5.41, 5.74) is 1.14. The van der Waals surface area contributed by atoms with Crippen LogP contribution in [0.5, 0.6) is 0 Å². The van der Waals surface area contributed by atoms with Gasteiger partial charge >= 0.3 is 0 Å². The number of thiocarbonyl (C=S) groups is 1. The molecule has 0 fully saturated rings. The first kappa shape index (κ1) is 8.60. The van der Waals surface area contributed by atoms with E-state index in [0.29, 0.717) is 6.54 Å². The first-order valence-electron chi connectivity index (χ1n) is 3.11. The van der Waals surface area contributed by atoms with Crippen molar-refractivity contribution in [3.8, 4) is 0 Å². The van der Waals surface area contributed by atoms with Crippen molar-refractivity contribution in [2.75, 3.05) is 0 Å². The summed E-state index contributed by atoms with van der Waals surface area (Å²) < 4.78 is 1.06. The predicted octanol–water partition coefficient (Wildman–Crippen LogP) is 3.05. The molecule has 1 aromatic carbocycles. The molecule has 0 saturated carbocycles. The molecule has 0 spiro atoms. The van der Waals surface area contributed by atoms with E-state index in [0.717, 1.165) is 10.0 Å². The molecule has 3 heteroatoms. The van der Waals surface area contributed by atoms with Crippen LogP contribution in [0.25, 0.3) is 0 Å². The lowest BCUT2D eigenvalue weighted by Crippen LogP contribution is -1.78. The molecule has 0 atom stereocenters. The number of aliphatic imine (C=N–C) groups is 1. The van der Waals surface area contributed by atoms with Crippen LogP contribution in [0.2, 0.25) is 0 Å². The van der Waals surface area contributed by atoms with Crippen LogP contribution < -0.4 is 0 Å². The summed E-state index contributed by atoms with van der Waals surface area (Å²) in [6.07, 6.45) is 0. The summed E-state index contributed by atoms with van der Waals surface area (Å²) >= 11 is 7.82. The van der Waals surface area contributed by atoms with Gasteiger partial charge in [-0.3, -0.25) is 0 Å². The first-order valence-corrected chi connectivity index (χ1v) is 4.31. The van der Waals surface area contributed by atoms with Gasteiger partial charge in [-0.25, -0.2) is 4.99 Å². The molecule has 0 bridgehead atoms. The topological polar surface area (TPSA) is 12.4 Å². The molecule has 0 heterocycles. The van der Waals surface area contributed by atoms with Gasteiger partial charge in [-0.15, -0.1) is 0 Å². The van der Waals surface area contributed by atoms with Gasteiger partial charge in [0.15, 0.2) is 0 Å². The maximum absolute atomic E-state index is 4.46. The number of nitrogens with zero attached hydrogens (tertiary/aromatic N) is 1. The van der Waals surface area contributed by atoms with E-state index in [9.17, 15) is 0 Å². The summed E-state index contributed by atoms with van der Waals surface area (Å²) in [5, 5.41) is 2.33. The van der Waals surface area contributed by atoms with Crippen LogP contribution in [-0.4, -0.2) is 5.16 Å². The van der Waals surface area contributed by atoms with E-state index in [-0.39, 0.29) is 0 Å². The Kier molecular flexibility index (Phi) is 3.43. The van der Waals surface area contributed by atoms with Crippen LogP contribution in [0.4, 0.5) is 0 Å². The molecule has 0 N–H and O–H groups in total. The fourth-order valence-electron chi connectivity index (χ4n) is 0.759. The number of hydrogen-bond donors (Lipinski definition) is 0. The van der Waals surface area contributed by atoms with Gasteiger partial charge in [-0.05, 0) is 29.9 Å². The van der Waals surface area contributed by atoms with Crippen molar-refractivity contribution in [2.45, 2.75) is 6.54 Å². The minimum Gasteiger partial charge on any atom is -0.228 e. The Morgan fingerprint density at radius 1 is 1.55 bits per heavy atom. The van der Waals surface area contributed by atoms with Gasteiger partial charge in [0.05, 0.1) is 11.7 Å². The van der Waals surface area contributed by atoms with Crippen LogP contribution >= 0.6 is 28.1 Å². The zero-order valence-corrected chi connectivity index (χ0v) is 8.15. The summed E-state index contributed by atoms with van der Waals surface area (Å²) in [6.45, 7) is 0.614. The van der Waals surface area contributed by atoms with Gasteiger partial charge in [0.25, 0.3) is 0 Å². The molecular weight excluding hydrogens is 222 g/mol. The van der Waals surface area contributed by atoms with Gasteiger partial charge in [-0.2, -0.15) is 0 Å². The van der Waals surface area contributed by atoms with Crippen molar-refractivity contribution in [1.82, 2.24) is 0 Å². The maximum atomic E-state index is 4.46. The smallest absolute Gasteiger partial charge is 0.0743 e. The van der Waals surface area contributed by atoms with Crippen LogP contribution in [-0.2, 0) is 6.54 Å². The highest BCUT2D eigenvalue weighted by atomic mass is 79.9. The second kappa shape index (κ2) is 4.39. The minimum atomic E-state index is 0.614. The molecule has 0 aliphatic heterocycles. The minimum absolute atomic E-state index is 0.614.